The van der Waals surface area contributed by atoms with Gasteiger partial charge in [-0.15, -0.1) is 0 Å². The van der Waals surface area contributed by atoms with Gasteiger partial charge in [0, 0.05) is 32.6 Å². The van der Waals surface area contributed by atoms with Crippen molar-refractivity contribution in [1.29, 1.82) is 0 Å². The molecule has 0 radical (unpaired) electrons. The molecule has 3 rings (SSSR count). The number of carbonyl (C=O) groups is 1. The zero-order chi connectivity index (χ0) is 24.3. The van der Waals surface area contributed by atoms with Crippen LogP contribution in [-0.2, 0) is 29.7 Å². The molecule has 0 unspecified atom stereocenters. The zero-order valence-electron chi connectivity index (χ0n) is 17.8. The first-order valence-corrected chi connectivity index (χ1v) is 10.9. The van der Waals surface area contributed by atoms with E-state index >= 15 is 0 Å². The second kappa shape index (κ2) is 9.48. The first kappa shape index (κ1) is 24.0. The molecule has 176 valence electrons. The van der Waals surface area contributed by atoms with Gasteiger partial charge in [-0.25, -0.2) is 13.4 Å². The third-order valence-electron chi connectivity index (χ3n) is 4.62. The van der Waals surface area contributed by atoms with Crippen LogP contribution in [0.3, 0.4) is 0 Å². The highest BCUT2D eigenvalue weighted by Crippen LogP contribution is 2.38. The standard InChI is InChI=1S/C20H21F3N6O3S/c1-11-17(9-29(3)28-11)27-18-7-16(14(8-25-18)20(21,22)23)26-15-6-12(10-33(31)32)4-5-13(15)19(30)24-2/h4-9,33H,10H2,1-3H3,(H,24,30)(H2,25,26,27). The Balaban J connectivity index is 2.08. The summed E-state index contributed by atoms with van der Waals surface area (Å²) in [5.41, 5.74) is 0.134. The predicted molar refractivity (Wildman–Crippen MR) is 118 cm³/mol. The SMILES string of the molecule is CNC(=O)c1ccc(C[SH](=O)=O)cc1Nc1cc(Nc2cn(C)nc2C)ncc1C(F)(F)F. The lowest BCUT2D eigenvalue weighted by atomic mass is 10.1. The van der Waals surface area contributed by atoms with Gasteiger partial charge in [-0.1, -0.05) is 6.07 Å². The first-order chi connectivity index (χ1) is 15.5. The number of carbonyl (C=O) groups excluding carboxylic acids is 1. The van der Waals surface area contributed by atoms with E-state index in [2.05, 4.69) is 26.0 Å². The fraction of sp³-hybridized carbons (Fsp3) is 0.250. The van der Waals surface area contributed by atoms with Crippen LogP contribution in [0, 0.1) is 6.92 Å². The van der Waals surface area contributed by atoms with E-state index in [1.54, 1.807) is 24.9 Å². The van der Waals surface area contributed by atoms with Crippen molar-refractivity contribution in [1.82, 2.24) is 20.1 Å². The van der Waals surface area contributed by atoms with Crippen molar-refractivity contribution in [3.8, 4) is 0 Å². The Labute approximate surface area is 189 Å². The van der Waals surface area contributed by atoms with E-state index in [0.29, 0.717) is 23.1 Å². The minimum Gasteiger partial charge on any atom is -0.355 e. The van der Waals surface area contributed by atoms with Crippen LogP contribution in [-0.4, -0.2) is 36.1 Å². The van der Waals surface area contributed by atoms with Crippen LogP contribution in [0.25, 0.3) is 0 Å². The summed E-state index contributed by atoms with van der Waals surface area (Å²) in [4.78, 5) is 16.1. The van der Waals surface area contributed by atoms with E-state index in [1.807, 2.05) is 0 Å². The van der Waals surface area contributed by atoms with Crippen LogP contribution in [0.4, 0.5) is 36.1 Å². The normalized spacial score (nSPS) is 11.5. The number of hydrogen-bond donors (Lipinski definition) is 4. The Morgan fingerprint density at radius 2 is 1.85 bits per heavy atom. The topological polar surface area (TPSA) is 118 Å². The van der Waals surface area contributed by atoms with Gasteiger partial charge in [0.1, 0.15) is 16.5 Å². The smallest absolute Gasteiger partial charge is 0.355 e. The summed E-state index contributed by atoms with van der Waals surface area (Å²) in [7, 11) is 0.305. The maximum atomic E-state index is 13.7. The molecule has 2 aromatic heterocycles. The summed E-state index contributed by atoms with van der Waals surface area (Å²) in [6, 6.07) is 5.26. The van der Waals surface area contributed by atoms with Crippen LogP contribution < -0.4 is 16.0 Å². The summed E-state index contributed by atoms with van der Waals surface area (Å²) in [5.74, 6) is -0.766. The molecular weight excluding hydrogens is 461 g/mol. The highest BCUT2D eigenvalue weighted by Gasteiger charge is 2.34. The molecule has 0 bridgehead atoms. The second-order valence-corrected chi connectivity index (χ2v) is 8.10. The lowest BCUT2D eigenvalue weighted by Gasteiger charge is -2.18. The molecule has 3 N–H and O–H groups in total. The Morgan fingerprint density at radius 3 is 2.42 bits per heavy atom. The Hall–Kier alpha value is -3.61. The van der Waals surface area contributed by atoms with Crippen molar-refractivity contribution in [2.24, 2.45) is 7.05 Å². The molecule has 9 nitrogen and oxygen atoms in total. The quantitative estimate of drug-likeness (QED) is 0.382. The molecule has 0 saturated heterocycles. The van der Waals surface area contributed by atoms with Gasteiger partial charge in [0.05, 0.1) is 39.6 Å². The van der Waals surface area contributed by atoms with Crippen LogP contribution in [0.2, 0.25) is 0 Å². The molecule has 2 heterocycles. The summed E-state index contributed by atoms with van der Waals surface area (Å²) in [6.07, 6.45) is -2.41. The largest absolute Gasteiger partial charge is 0.419 e. The number of thiol groups is 1. The summed E-state index contributed by atoms with van der Waals surface area (Å²) < 4.78 is 64.8. The minimum absolute atomic E-state index is 0.0175. The van der Waals surface area contributed by atoms with Gasteiger partial charge in [0.2, 0.25) is 0 Å². The van der Waals surface area contributed by atoms with Crippen LogP contribution in [0.15, 0.2) is 36.7 Å². The summed E-state index contributed by atoms with van der Waals surface area (Å²) in [5, 5.41) is 12.1. The average Bonchev–Trinajstić information content (AvgIpc) is 3.03. The first-order valence-electron chi connectivity index (χ1n) is 9.56. The van der Waals surface area contributed by atoms with Crippen LogP contribution >= 0.6 is 0 Å². The van der Waals surface area contributed by atoms with E-state index < -0.39 is 28.4 Å². The van der Waals surface area contributed by atoms with Gasteiger partial charge in [-0.05, 0) is 24.6 Å². The van der Waals surface area contributed by atoms with E-state index in [1.165, 1.54) is 25.2 Å². The van der Waals surface area contributed by atoms with E-state index in [-0.39, 0.29) is 28.5 Å². The number of aryl methyl sites for hydroxylation is 2. The molecule has 0 aliphatic rings. The third-order valence-corrected chi connectivity index (χ3v) is 5.25. The van der Waals surface area contributed by atoms with Gasteiger partial charge < -0.3 is 16.0 Å². The highest BCUT2D eigenvalue weighted by atomic mass is 32.2. The molecule has 1 aromatic carbocycles. The van der Waals surface area contributed by atoms with Crippen molar-refractivity contribution < 1.29 is 26.4 Å². The molecule has 33 heavy (non-hydrogen) atoms. The number of amides is 1. The van der Waals surface area contributed by atoms with E-state index in [0.717, 1.165) is 6.07 Å². The van der Waals surface area contributed by atoms with Crippen molar-refractivity contribution in [3.63, 3.8) is 0 Å². The lowest BCUT2D eigenvalue weighted by Crippen LogP contribution is -2.20. The molecule has 1 amide bonds. The second-order valence-electron chi connectivity index (χ2n) is 7.11. The van der Waals surface area contributed by atoms with Crippen molar-refractivity contribution in [2.75, 3.05) is 17.7 Å². The van der Waals surface area contributed by atoms with E-state index in [4.69, 9.17) is 0 Å². The number of rotatable bonds is 7. The summed E-state index contributed by atoms with van der Waals surface area (Å²) >= 11 is 0. The monoisotopic (exact) mass is 482 g/mol. The molecule has 0 atom stereocenters. The fourth-order valence-corrected chi connectivity index (χ4v) is 3.63. The number of nitrogens with zero attached hydrogens (tertiary/aromatic N) is 3. The zero-order valence-corrected chi connectivity index (χ0v) is 18.7. The van der Waals surface area contributed by atoms with Crippen molar-refractivity contribution in [2.45, 2.75) is 18.9 Å². The molecular formula is C20H21F3N6O3S. The minimum atomic E-state index is -4.73. The fourth-order valence-electron chi connectivity index (χ4n) is 3.13. The van der Waals surface area contributed by atoms with Crippen molar-refractivity contribution in [3.05, 3.63) is 59.0 Å². The number of halogens is 3. The Bertz CT molecular complexity index is 1260. The number of pyridine rings is 1. The number of anilines is 4. The van der Waals surface area contributed by atoms with Gasteiger partial charge in [0.15, 0.2) is 0 Å². The van der Waals surface area contributed by atoms with E-state index in [9.17, 15) is 26.4 Å². The van der Waals surface area contributed by atoms with Gasteiger partial charge in [0.25, 0.3) is 5.91 Å². The number of aromatic nitrogens is 3. The highest BCUT2D eigenvalue weighted by molar-refractivity contribution is 7.71. The molecule has 0 saturated carbocycles. The molecule has 0 aliphatic heterocycles. The predicted octanol–water partition coefficient (Wildman–Crippen LogP) is 3.10. The summed E-state index contributed by atoms with van der Waals surface area (Å²) in [6.45, 7) is 1.73. The number of alkyl halides is 3. The maximum Gasteiger partial charge on any atom is 0.419 e. The van der Waals surface area contributed by atoms with Gasteiger partial charge >= 0.3 is 6.18 Å². The lowest BCUT2D eigenvalue weighted by molar-refractivity contribution is -0.137. The Morgan fingerprint density at radius 1 is 1.12 bits per heavy atom. The van der Waals surface area contributed by atoms with Gasteiger partial charge in [-0.2, -0.15) is 18.3 Å². The third kappa shape index (κ3) is 5.80. The van der Waals surface area contributed by atoms with Crippen LogP contribution in [0.1, 0.15) is 27.2 Å². The van der Waals surface area contributed by atoms with Gasteiger partial charge in [-0.3, -0.25) is 9.48 Å². The molecule has 0 fully saturated rings. The number of hydrogen-bond acceptors (Lipinski definition) is 7. The van der Waals surface area contributed by atoms with Crippen LogP contribution in [0.5, 0.6) is 0 Å². The van der Waals surface area contributed by atoms with Crippen molar-refractivity contribution >= 4 is 39.5 Å². The molecule has 3 aromatic rings. The molecule has 13 heteroatoms. The maximum absolute atomic E-state index is 13.7. The molecule has 0 spiro atoms. The Kier molecular flexibility index (Phi) is 6.91. The average molecular weight is 482 g/mol. The molecule has 0 aliphatic carbocycles. The number of benzene rings is 1. The number of nitrogens with one attached hydrogen (secondary N) is 3.